The molecule has 0 spiro atoms. The van der Waals surface area contributed by atoms with E-state index in [1.807, 2.05) is 53.1 Å². The van der Waals surface area contributed by atoms with Crippen molar-refractivity contribution in [3.63, 3.8) is 0 Å². The molecule has 3 aromatic rings. The van der Waals surface area contributed by atoms with Gasteiger partial charge >= 0.3 is 0 Å². The van der Waals surface area contributed by atoms with Gasteiger partial charge in [0.2, 0.25) is 5.91 Å². The largest absolute Gasteiger partial charge is 0.491 e. The van der Waals surface area contributed by atoms with Crippen LogP contribution in [0.1, 0.15) is 40.1 Å². The maximum Gasteiger partial charge on any atom is 0.237 e. The number of hydrogen-bond acceptors (Lipinski definition) is 6. The molecule has 1 amide bonds. The molecular formula is C30H38N2O4S. The predicted octanol–water partition coefficient (Wildman–Crippen LogP) is 4.77. The Morgan fingerprint density at radius 3 is 2.76 bits per heavy atom. The first-order valence-corrected chi connectivity index (χ1v) is 13.9. The number of carbonyl (C=O) groups is 1. The predicted molar refractivity (Wildman–Crippen MR) is 148 cm³/mol. The Balaban J connectivity index is 1.35. The standard InChI is InChI=1S/C30H38N2O4S/c1-4-31(17-25(33)20-35-19-24-8-6-5-7-9-24)18-30(34)32-14-12-29-26(13-15-37-29)27(32)21-36-28-11-10-22(2)16-23(28)3/h5-11,13,15-16,25,27,33H,4,12,14,17-21H2,1-3H3/t25-,27-/m1/s1. The van der Waals surface area contributed by atoms with Gasteiger partial charge in [0.15, 0.2) is 0 Å². The summed E-state index contributed by atoms with van der Waals surface area (Å²) in [6.07, 6.45) is 0.200. The molecule has 0 aliphatic carbocycles. The van der Waals surface area contributed by atoms with E-state index in [9.17, 15) is 9.90 Å². The van der Waals surface area contributed by atoms with Gasteiger partial charge in [-0.1, -0.05) is 55.0 Å². The molecule has 198 valence electrons. The van der Waals surface area contributed by atoms with Crippen LogP contribution < -0.4 is 4.74 Å². The summed E-state index contributed by atoms with van der Waals surface area (Å²) < 4.78 is 12.0. The topological polar surface area (TPSA) is 62.2 Å². The lowest BCUT2D eigenvalue weighted by Crippen LogP contribution is -2.48. The number of carbonyl (C=O) groups excluding carboxylic acids is 1. The van der Waals surface area contributed by atoms with Crippen LogP contribution in [0.15, 0.2) is 60.0 Å². The van der Waals surface area contributed by atoms with Gasteiger partial charge in [0.05, 0.1) is 31.9 Å². The van der Waals surface area contributed by atoms with Crippen LogP contribution in [0.25, 0.3) is 0 Å². The number of benzene rings is 2. The highest BCUT2D eigenvalue weighted by molar-refractivity contribution is 7.10. The van der Waals surface area contributed by atoms with E-state index in [1.165, 1.54) is 16.0 Å². The molecule has 2 atom stereocenters. The zero-order chi connectivity index (χ0) is 26.2. The Hall–Kier alpha value is -2.71. The van der Waals surface area contributed by atoms with Crippen LogP contribution in [-0.4, -0.2) is 66.3 Å². The fourth-order valence-corrected chi connectivity index (χ4v) is 5.76. The average molecular weight is 523 g/mol. The quantitative estimate of drug-likeness (QED) is 0.371. The third-order valence-electron chi connectivity index (χ3n) is 6.84. The van der Waals surface area contributed by atoms with Gasteiger partial charge in [-0.3, -0.25) is 9.69 Å². The molecule has 4 rings (SSSR count). The molecule has 0 bridgehead atoms. The summed E-state index contributed by atoms with van der Waals surface area (Å²) >= 11 is 1.75. The van der Waals surface area contributed by atoms with Crippen molar-refractivity contribution in [2.75, 3.05) is 39.4 Å². The number of amides is 1. The van der Waals surface area contributed by atoms with E-state index in [-0.39, 0.29) is 25.1 Å². The van der Waals surface area contributed by atoms with Gasteiger partial charge in [-0.05, 0) is 61.0 Å². The van der Waals surface area contributed by atoms with Gasteiger partial charge in [-0.15, -0.1) is 11.3 Å². The molecule has 0 saturated carbocycles. The maximum atomic E-state index is 13.5. The van der Waals surface area contributed by atoms with E-state index in [0.29, 0.717) is 32.8 Å². The van der Waals surface area contributed by atoms with Crippen LogP contribution >= 0.6 is 11.3 Å². The Kier molecular flexibility index (Phi) is 9.75. The molecule has 6 nitrogen and oxygen atoms in total. The number of hydrogen-bond donors (Lipinski definition) is 1. The van der Waals surface area contributed by atoms with Crippen molar-refractivity contribution >= 4 is 17.2 Å². The summed E-state index contributed by atoms with van der Waals surface area (Å²) in [7, 11) is 0. The van der Waals surface area contributed by atoms with Crippen LogP contribution in [-0.2, 0) is 22.6 Å². The molecular weight excluding hydrogens is 484 g/mol. The number of aliphatic hydroxyl groups is 1. The number of aliphatic hydroxyl groups excluding tert-OH is 1. The third kappa shape index (κ3) is 7.42. The van der Waals surface area contributed by atoms with Gasteiger partial charge in [0, 0.05) is 18.0 Å². The lowest BCUT2D eigenvalue weighted by Gasteiger charge is -2.37. The summed E-state index contributed by atoms with van der Waals surface area (Å²) in [6.45, 7) is 9.23. The second-order valence-electron chi connectivity index (χ2n) is 9.71. The second-order valence-corrected chi connectivity index (χ2v) is 10.7. The van der Waals surface area contributed by atoms with Crippen molar-refractivity contribution in [2.45, 2.75) is 45.9 Å². The van der Waals surface area contributed by atoms with E-state index in [4.69, 9.17) is 9.47 Å². The van der Waals surface area contributed by atoms with Crippen LogP contribution in [0.3, 0.4) is 0 Å². The summed E-state index contributed by atoms with van der Waals surface area (Å²) in [5, 5.41) is 12.7. The third-order valence-corrected chi connectivity index (χ3v) is 7.84. The highest BCUT2D eigenvalue weighted by atomic mass is 32.1. The Bertz CT molecular complexity index is 1150. The van der Waals surface area contributed by atoms with E-state index in [1.54, 1.807) is 11.3 Å². The number of aryl methyl sites for hydroxylation is 2. The number of fused-ring (bicyclic) bond motifs is 1. The minimum Gasteiger partial charge on any atom is -0.491 e. The molecule has 1 aliphatic heterocycles. The molecule has 0 unspecified atom stereocenters. The SMILES string of the molecule is CCN(CC(=O)N1CCc2sccc2[C@H]1COc1ccc(C)cc1C)C[C@@H](O)COCc1ccccc1. The van der Waals surface area contributed by atoms with E-state index in [2.05, 4.69) is 37.4 Å². The van der Waals surface area contributed by atoms with Crippen molar-refractivity contribution in [2.24, 2.45) is 0 Å². The normalized spacial score (nSPS) is 16.0. The first kappa shape index (κ1) is 27.3. The number of rotatable bonds is 12. The van der Waals surface area contributed by atoms with Crippen LogP contribution in [0, 0.1) is 13.8 Å². The number of likely N-dealkylation sites (N-methyl/N-ethyl adjacent to an activating group) is 1. The smallest absolute Gasteiger partial charge is 0.237 e. The van der Waals surface area contributed by atoms with Gasteiger partial charge in [0.25, 0.3) is 0 Å². The second kappa shape index (κ2) is 13.2. The Morgan fingerprint density at radius 1 is 1.19 bits per heavy atom. The Morgan fingerprint density at radius 2 is 2.00 bits per heavy atom. The van der Waals surface area contributed by atoms with Crippen molar-refractivity contribution in [1.82, 2.24) is 9.80 Å². The summed E-state index contributed by atoms with van der Waals surface area (Å²) in [5.74, 6) is 0.916. The molecule has 2 heterocycles. The molecule has 0 saturated heterocycles. The van der Waals surface area contributed by atoms with E-state index >= 15 is 0 Å². The Labute approximate surface area is 224 Å². The van der Waals surface area contributed by atoms with Crippen molar-refractivity contribution in [1.29, 1.82) is 0 Å². The highest BCUT2D eigenvalue weighted by Crippen LogP contribution is 2.34. The fraction of sp³-hybridized carbons (Fsp3) is 0.433. The zero-order valence-electron chi connectivity index (χ0n) is 22.1. The lowest BCUT2D eigenvalue weighted by atomic mass is 10.00. The number of ether oxygens (including phenoxy) is 2. The van der Waals surface area contributed by atoms with Crippen molar-refractivity contribution in [3.8, 4) is 5.75 Å². The lowest BCUT2D eigenvalue weighted by molar-refractivity contribution is -0.136. The first-order valence-electron chi connectivity index (χ1n) is 13.0. The molecule has 2 aromatic carbocycles. The maximum absolute atomic E-state index is 13.5. The van der Waals surface area contributed by atoms with E-state index in [0.717, 1.165) is 23.3 Å². The molecule has 0 fully saturated rings. The van der Waals surface area contributed by atoms with Crippen molar-refractivity contribution in [3.05, 3.63) is 87.1 Å². The zero-order valence-corrected chi connectivity index (χ0v) is 22.9. The van der Waals surface area contributed by atoms with Gasteiger partial charge in [0.1, 0.15) is 12.4 Å². The minimum atomic E-state index is -0.662. The van der Waals surface area contributed by atoms with Crippen LogP contribution in [0.2, 0.25) is 0 Å². The van der Waals surface area contributed by atoms with Crippen LogP contribution in [0.5, 0.6) is 5.75 Å². The highest BCUT2D eigenvalue weighted by Gasteiger charge is 2.33. The first-order chi connectivity index (χ1) is 17.9. The molecule has 7 heteroatoms. The molecule has 37 heavy (non-hydrogen) atoms. The summed E-state index contributed by atoms with van der Waals surface area (Å²) in [4.78, 5) is 18.8. The van der Waals surface area contributed by atoms with Gasteiger partial charge < -0.3 is 19.5 Å². The fourth-order valence-electron chi connectivity index (χ4n) is 4.83. The number of nitrogens with zero attached hydrogens (tertiary/aromatic N) is 2. The molecule has 0 radical (unpaired) electrons. The minimum absolute atomic E-state index is 0.0605. The van der Waals surface area contributed by atoms with Gasteiger partial charge in [-0.25, -0.2) is 0 Å². The average Bonchev–Trinajstić information content (AvgIpc) is 3.37. The van der Waals surface area contributed by atoms with E-state index < -0.39 is 6.10 Å². The monoisotopic (exact) mass is 522 g/mol. The number of thiophene rings is 1. The van der Waals surface area contributed by atoms with Crippen molar-refractivity contribution < 1.29 is 19.4 Å². The summed E-state index contributed by atoms with van der Waals surface area (Å²) in [5.41, 5.74) is 4.56. The molecule has 1 aromatic heterocycles. The summed E-state index contributed by atoms with van der Waals surface area (Å²) in [6, 6.07) is 18.1. The molecule has 1 aliphatic rings. The van der Waals surface area contributed by atoms with Gasteiger partial charge in [-0.2, -0.15) is 0 Å². The molecule has 1 N–H and O–H groups in total. The van der Waals surface area contributed by atoms with Crippen LogP contribution in [0.4, 0.5) is 0 Å².